The molecule has 0 heterocycles. The molecule has 1 amide bonds. The Bertz CT molecular complexity index is 621. The summed E-state index contributed by atoms with van der Waals surface area (Å²) >= 11 is 10.1. The number of hydrogen-bond acceptors (Lipinski definition) is 2. The van der Waals surface area contributed by atoms with E-state index in [0.29, 0.717) is 16.9 Å². The molecule has 0 atom stereocenters. The number of carbonyl (C=O) groups is 1. The van der Waals surface area contributed by atoms with Crippen LogP contribution >= 0.6 is 47.8 Å². The summed E-state index contributed by atoms with van der Waals surface area (Å²) in [6.07, 6.45) is 0. The third kappa shape index (κ3) is 3.58. The highest BCUT2D eigenvalue weighted by Gasteiger charge is 2.12. The van der Waals surface area contributed by atoms with Gasteiger partial charge >= 0.3 is 0 Å². The summed E-state index contributed by atoms with van der Waals surface area (Å²) in [6, 6.07) is 10.7. The van der Waals surface area contributed by atoms with Gasteiger partial charge < -0.3 is 11.1 Å². The number of amides is 1. The number of anilines is 2. The second-order valence-electron chi connectivity index (χ2n) is 3.82. The maximum Gasteiger partial charge on any atom is 0.255 e. The first-order chi connectivity index (χ1) is 8.97. The number of nitrogen functional groups attached to an aromatic ring is 1. The van der Waals surface area contributed by atoms with Crippen LogP contribution in [0.3, 0.4) is 0 Å². The van der Waals surface area contributed by atoms with Gasteiger partial charge in [-0.2, -0.15) is 0 Å². The second kappa shape index (κ2) is 6.07. The lowest BCUT2D eigenvalue weighted by atomic mass is 10.2. The zero-order chi connectivity index (χ0) is 14.0. The number of nitrogens with two attached hydrogens (primary N) is 1. The van der Waals surface area contributed by atoms with E-state index in [1.54, 1.807) is 24.3 Å². The van der Waals surface area contributed by atoms with Crippen molar-refractivity contribution in [2.45, 2.75) is 0 Å². The first-order valence-electron chi connectivity index (χ1n) is 5.29. The highest BCUT2D eigenvalue weighted by atomic mass is 79.9. The topological polar surface area (TPSA) is 55.1 Å². The van der Waals surface area contributed by atoms with E-state index in [1.807, 2.05) is 12.1 Å². The molecule has 0 aliphatic heterocycles. The lowest BCUT2D eigenvalue weighted by molar-refractivity contribution is 0.102. The van der Waals surface area contributed by atoms with Crippen LogP contribution < -0.4 is 11.1 Å². The van der Waals surface area contributed by atoms with Gasteiger partial charge in [0.25, 0.3) is 5.91 Å². The van der Waals surface area contributed by atoms with E-state index in [0.717, 1.165) is 13.4 Å². The fourth-order valence-corrected chi connectivity index (χ4v) is 3.30. The predicted octanol–water partition coefficient (Wildman–Crippen LogP) is 4.81. The summed E-state index contributed by atoms with van der Waals surface area (Å²) in [5.41, 5.74) is 7.51. The molecule has 6 heteroatoms. The van der Waals surface area contributed by atoms with Gasteiger partial charge in [0.15, 0.2) is 0 Å². The molecule has 0 aromatic heterocycles. The second-order valence-corrected chi connectivity index (χ2v) is 6.50. The molecule has 0 saturated heterocycles. The molecule has 3 N–H and O–H groups in total. The summed E-state index contributed by atoms with van der Waals surface area (Å²) in [5, 5.41) is 2.80. The van der Waals surface area contributed by atoms with Crippen LogP contribution in [0.2, 0.25) is 0 Å². The van der Waals surface area contributed by atoms with Gasteiger partial charge in [-0.15, -0.1) is 0 Å². The van der Waals surface area contributed by atoms with E-state index in [4.69, 9.17) is 5.73 Å². The standard InChI is InChI=1S/C13H9Br3N2O/c14-8-3-1-2-7(4-8)13(19)18-12-10(16)5-9(15)6-11(12)17/h1-6H,17H2,(H,18,19). The Kier molecular flexibility index (Phi) is 4.65. The van der Waals surface area contributed by atoms with Crippen molar-refractivity contribution >= 4 is 65.1 Å². The molecule has 2 aromatic carbocycles. The molecule has 2 rings (SSSR count). The van der Waals surface area contributed by atoms with Crippen LogP contribution in [0, 0.1) is 0 Å². The fraction of sp³-hybridized carbons (Fsp3) is 0. The van der Waals surface area contributed by atoms with Gasteiger partial charge in [-0.3, -0.25) is 4.79 Å². The van der Waals surface area contributed by atoms with Crippen LogP contribution in [0.1, 0.15) is 10.4 Å². The lowest BCUT2D eigenvalue weighted by Gasteiger charge is -2.11. The van der Waals surface area contributed by atoms with E-state index < -0.39 is 0 Å². The summed E-state index contributed by atoms with van der Waals surface area (Å²) in [7, 11) is 0. The average Bonchev–Trinajstić information content (AvgIpc) is 2.33. The highest BCUT2D eigenvalue weighted by molar-refractivity contribution is 9.11. The number of benzene rings is 2. The van der Waals surface area contributed by atoms with Crippen molar-refractivity contribution in [2.24, 2.45) is 0 Å². The Labute approximate surface area is 136 Å². The summed E-state index contributed by atoms with van der Waals surface area (Å²) < 4.78 is 2.42. The Balaban J connectivity index is 2.29. The molecule has 0 aliphatic rings. The molecule has 19 heavy (non-hydrogen) atoms. The molecule has 98 valence electrons. The molecule has 3 nitrogen and oxygen atoms in total. The van der Waals surface area contributed by atoms with E-state index in [1.165, 1.54) is 0 Å². The van der Waals surface area contributed by atoms with Gasteiger partial charge in [-0.05, 0) is 46.3 Å². The van der Waals surface area contributed by atoms with E-state index >= 15 is 0 Å². The van der Waals surface area contributed by atoms with E-state index in [2.05, 4.69) is 53.1 Å². The Morgan fingerprint density at radius 2 is 1.79 bits per heavy atom. The van der Waals surface area contributed by atoms with Crippen molar-refractivity contribution in [3.05, 3.63) is 55.4 Å². The van der Waals surface area contributed by atoms with E-state index in [-0.39, 0.29) is 5.91 Å². The highest BCUT2D eigenvalue weighted by Crippen LogP contribution is 2.32. The maximum atomic E-state index is 12.1. The monoisotopic (exact) mass is 446 g/mol. The smallest absolute Gasteiger partial charge is 0.255 e. The normalized spacial score (nSPS) is 10.3. The minimum atomic E-state index is -0.212. The summed E-state index contributed by atoms with van der Waals surface area (Å²) in [4.78, 5) is 12.1. The predicted molar refractivity (Wildman–Crippen MR) is 88.3 cm³/mol. The van der Waals surface area contributed by atoms with Gasteiger partial charge in [0.05, 0.1) is 11.4 Å². The van der Waals surface area contributed by atoms with Crippen molar-refractivity contribution < 1.29 is 4.79 Å². The van der Waals surface area contributed by atoms with Crippen LogP contribution in [-0.2, 0) is 0 Å². The van der Waals surface area contributed by atoms with Crippen molar-refractivity contribution in [1.82, 2.24) is 0 Å². The molecule has 0 unspecified atom stereocenters. The van der Waals surface area contributed by atoms with Gasteiger partial charge in [0, 0.05) is 19.0 Å². The minimum Gasteiger partial charge on any atom is -0.397 e. The van der Waals surface area contributed by atoms with Gasteiger partial charge in [0.1, 0.15) is 0 Å². The van der Waals surface area contributed by atoms with E-state index in [9.17, 15) is 4.79 Å². The number of carbonyl (C=O) groups excluding carboxylic acids is 1. The number of hydrogen-bond donors (Lipinski definition) is 2. The Morgan fingerprint density at radius 1 is 1.05 bits per heavy atom. The fourth-order valence-electron chi connectivity index (χ4n) is 1.54. The van der Waals surface area contributed by atoms with Gasteiger partial charge in [-0.25, -0.2) is 0 Å². The van der Waals surface area contributed by atoms with Crippen LogP contribution in [0.5, 0.6) is 0 Å². The molecule has 0 saturated carbocycles. The minimum absolute atomic E-state index is 0.212. The molecule has 0 spiro atoms. The third-order valence-corrected chi connectivity index (χ3v) is 3.99. The number of nitrogens with one attached hydrogen (secondary N) is 1. The SMILES string of the molecule is Nc1cc(Br)cc(Br)c1NC(=O)c1cccc(Br)c1. The zero-order valence-corrected chi connectivity index (χ0v) is 14.3. The molecule has 0 radical (unpaired) electrons. The molecule has 0 bridgehead atoms. The molecular weight excluding hydrogens is 440 g/mol. The third-order valence-electron chi connectivity index (χ3n) is 2.41. The number of halogens is 3. The largest absolute Gasteiger partial charge is 0.397 e. The summed E-state index contributed by atoms with van der Waals surface area (Å²) in [6.45, 7) is 0. The maximum absolute atomic E-state index is 12.1. The van der Waals surface area contributed by atoms with Crippen molar-refractivity contribution in [1.29, 1.82) is 0 Å². The zero-order valence-electron chi connectivity index (χ0n) is 9.58. The molecule has 0 fully saturated rings. The van der Waals surface area contributed by atoms with Crippen molar-refractivity contribution in [3.63, 3.8) is 0 Å². The van der Waals surface area contributed by atoms with Gasteiger partial charge in [0.2, 0.25) is 0 Å². The molecule has 0 aliphatic carbocycles. The quantitative estimate of drug-likeness (QED) is 0.648. The van der Waals surface area contributed by atoms with Crippen molar-refractivity contribution in [3.8, 4) is 0 Å². The number of rotatable bonds is 2. The van der Waals surface area contributed by atoms with Crippen molar-refractivity contribution in [2.75, 3.05) is 11.1 Å². The van der Waals surface area contributed by atoms with Crippen LogP contribution in [0.4, 0.5) is 11.4 Å². The Hall–Kier alpha value is -0.850. The van der Waals surface area contributed by atoms with Crippen LogP contribution in [0.25, 0.3) is 0 Å². The average molecular weight is 449 g/mol. The summed E-state index contributed by atoms with van der Waals surface area (Å²) in [5.74, 6) is -0.212. The molecular formula is C13H9Br3N2O. The first-order valence-corrected chi connectivity index (χ1v) is 7.66. The Morgan fingerprint density at radius 3 is 2.42 bits per heavy atom. The molecule has 2 aromatic rings. The first kappa shape index (κ1) is 14.6. The lowest BCUT2D eigenvalue weighted by Crippen LogP contribution is -2.13. The van der Waals surface area contributed by atoms with Crippen LogP contribution in [0.15, 0.2) is 49.8 Å². The van der Waals surface area contributed by atoms with Crippen LogP contribution in [-0.4, -0.2) is 5.91 Å². The van der Waals surface area contributed by atoms with Gasteiger partial charge in [-0.1, -0.05) is 37.9 Å².